The fourth-order valence-corrected chi connectivity index (χ4v) is 1.24. The SMILES string of the molecule is C[NH+](C)CC#Cc1ccc(C=C(C#N)C#N)cc1. The number of nitrogens with one attached hydrogen (secondary N) is 1. The zero-order chi connectivity index (χ0) is 13.4. The second kappa shape index (κ2) is 6.92. The zero-order valence-corrected chi connectivity index (χ0v) is 10.5. The predicted octanol–water partition coefficient (Wildman–Crippen LogP) is 0.613. The Bertz CT molecular complexity index is 553. The third kappa shape index (κ3) is 4.54. The van der Waals surface area contributed by atoms with E-state index < -0.39 is 0 Å². The number of benzene rings is 1. The molecule has 3 nitrogen and oxygen atoms in total. The van der Waals surface area contributed by atoms with Crippen LogP contribution in [0, 0.1) is 34.5 Å². The normalized spacial score (nSPS) is 8.72. The van der Waals surface area contributed by atoms with Gasteiger partial charge < -0.3 is 4.90 Å². The van der Waals surface area contributed by atoms with Gasteiger partial charge in [0, 0.05) is 5.56 Å². The Hall–Kier alpha value is -2.54. The molecule has 1 rings (SSSR count). The monoisotopic (exact) mass is 236 g/mol. The summed E-state index contributed by atoms with van der Waals surface area (Å²) < 4.78 is 0. The summed E-state index contributed by atoms with van der Waals surface area (Å²) >= 11 is 0. The summed E-state index contributed by atoms with van der Waals surface area (Å²) in [6.45, 7) is 0.800. The molecular formula is C15H14N3+. The molecule has 0 saturated heterocycles. The Balaban J connectivity index is 2.81. The number of quaternary nitrogens is 1. The third-order valence-corrected chi connectivity index (χ3v) is 2.14. The van der Waals surface area contributed by atoms with Crippen LogP contribution in [0.3, 0.4) is 0 Å². The molecule has 0 aliphatic carbocycles. The highest BCUT2D eigenvalue weighted by Crippen LogP contribution is 2.07. The van der Waals surface area contributed by atoms with E-state index >= 15 is 0 Å². The van der Waals surface area contributed by atoms with Gasteiger partial charge in [0.2, 0.25) is 0 Å². The molecule has 0 atom stereocenters. The highest BCUT2D eigenvalue weighted by molar-refractivity contribution is 5.62. The summed E-state index contributed by atoms with van der Waals surface area (Å²) in [6.07, 6.45) is 1.56. The predicted molar refractivity (Wildman–Crippen MR) is 70.2 cm³/mol. The molecule has 0 amide bonds. The number of hydrogen-bond donors (Lipinski definition) is 1. The van der Waals surface area contributed by atoms with E-state index in [1.165, 1.54) is 4.90 Å². The number of rotatable bonds is 2. The summed E-state index contributed by atoms with van der Waals surface area (Å²) in [5, 5.41) is 17.3. The fourth-order valence-electron chi connectivity index (χ4n) is 1.24. The molecule has 1 aromatic rings. The van der Waals surface area contributed by atoms with E-state index in [1.807, 2.05) is 50.5 Å². The maximum Gasteiger partial charge on any atom is 0.139 e. The lowest BCUT2D eigenvalue weighted by Gasteiger charge is -1.98. The van der Waals surface area contributed by atoms with Crippen molar-refractivity contribution in [3.05, 3.63) is 41.0 Å². The molecule has 3 heteroatoms. The average Bonchev–Trinajstić information content (AvgIpc) is 2.37. The third-order valence-electron chi connectivity index (χ3n) is 2.14. The van der Waals surface area contributed by atoms with Crippen molar-refractivity contribution in [2.24, 2.45) is 0 Å². The van der Waals surface area contributed by atoms with E-state index in [0.717, 1.165) is 17.7 Å². The van der Waals surface area contributed by atoms with E-state index in [0.29, 0.717) is 0 Å². The first-order valence-electron chi connectivity index (χ1n) is 5.55. The van der Waals surface area contributed by atoms with Gasteiger partial charge in [-0.25, -0.2) is 0 Å². The van der Waals surface area contributed by atoms with Gasteiger partial charge in [-0.2, -0.15) is 10.5 Å². The van der Waals surface area contributed by atoms with Gasteiger partial charge in [-0.15, -0.1) is 0 Å². The van der Waals surface area contributed by atoms with Crippen LogP contribution in [0.1, 0.15) is 11.1 Å². The summed E-state index contributed by atoms with van der Waals surface area (Å²) in [5.41, 5.74) is 1.87. The molecule has 0 radical (unpaired) electrons. The van der Waals surface area contributed by atoms with Crippen LogP contribution in [0.4, 0.5) is 0 Å². The van der Waals surface area contributed by atoms with Crippen LogP contribution in [0.25, 0.3) is 6.08 Å². The van der Waals surface area contributed by atoms with Gasteiger partial charge in [-0.3, -0.25) is 0 Å². The average molecular weight is 236 g/mol. The first-order valence-corrected chi connectivity index (χ1v) is 5.55. The lowest BCUT2D eigenvalue weighted by molar-refractivity contribution is -0.850. The van der Waals surface area contributed by atoms with Crippen molar-refractivity contribution >= 4 is 6.08 Å². The Morgan fingerprint density at radius 2 is 1.78 bits per heavy atom. The quantitative estimate of drug-likeness (QED) is 0.604. The van der Waals surface area contributed by atoms with E-state index in [1.54, 1.807) is 6.08 Å². The second-order valence-electron chi connectivity index (χ2n) is 4.09. The highest BCUT2D eigenvalue weighted by atomic mass is 15.0. The lowest BCUT2D eigenvalue weighted by Crippen LogP contribution is -3.05. The maximum atomic E-state index is 8.64. The van der Waals surface area contributed by atoms with Crippen molar-refractivity contribution in [2.45, 2.75) is 0 Å². The van der Waals surface area contributed by atoms with Crippen LogP contribution in [-0.4, -0.2) is 20.6 Å². The summed E-state index contributed by atoms with van der Waals surface area (Å²) in [6, 6.07) is 11.1. The summed E-state index contributed by atoms with van der Waals surface area (Å²) in [5.74, 6) is 6.14. The minimum Gasteiger partial charge on any atom is -0.330 e. The van der Waals surface area contributed by atoms with E-state index in [-0.39, 0.29) is 5.57 Å². The Kier molecular flexibility index (Phi) is 5.20. The van der Waals surface area contributed by atoms with Gasteiger partial charge in [0.1, 0.15) is 24.3 Å². The molecule has 0 aliphatic rings. The number of allylic oxidation sites excluding steroid dienone is 1. The molecule has 0 unspecified atom stereocenters. The van der Waals surface area contributed by atoms with Crippen LogP contribution in [0.15, 0.2) is 29.8 Å². The molecule has 1 N–H and O–H groups in total. The molecule has 18 heavy (non-hydrogen) atoms. The van der Waals surface area contributed by atoms with Crippen LogP contribution in [-0.2, 0) is 0 Å². The molecule has 1 aromatic carbocycles. The van der Waals surface area contributed by atoms with Crippen LogP contribution < -0.4 is 4.90 Å². The molecule has 0 bridgehead atoms. The van der Waals surface area contributed by atoms with Gasteiger partial charge in [0.15, 0.2) is 0 Å². The fraction of sp³-hybridized carbons (Fsp3) is 0.200. The Morgan fingerprint density at radius 3 is 2.28 bits per heavy atom. The smallest absolute Gasteiger partial charge is 0.139 e. The minimum absolute atomic E-state index is 0.102. The van der Waals surface area contributed by atoms with Crippen molar-refractivity contribution in [3.63, 3.8) is 0 Å². The summed E-state index contributed by atoms with van der Waals surface area (Å²) in [7, 11) is 4.10. The molecule has 0 aromatic heterocycles. The molecule has 0 spiro atoms. The highest BCUT2D eigenvalue weighted by Gasteiger charge is 1.94. The molecule has 0 saturated carbocycles. The first-order chi connectivity index (χ1) is 8.65. The van der Waals surface area contributed by atoms with Crippen molar-refractivity contribution in [3.8, 4) is 24.0 Å². The summed E-state index contributed by atoms with van der Waals surface area (Å²) in [4.78, 5) is 1.29. The van der Waals surface area contributed by atoms with Crippen LogP contribution in [0.5, 0.6) is 0 Å². The topological polar surface area (TPSA) is 52.0 Å². The van der Waals surface area contributed by atoms with Crippen molar-refractivity contribution in [2.75, 3.05) is 20.6 Å². The second-order valence-corrected chi connectivity index (χ2v) is 4.09. The van der Waals surface area contributed by atoms with E-state index in [4.69, 9.17) is 10.5 Å². The largest absolute Gasteiger partial charge is 0.330 e. The first kappa shape index (κ1) is 13.5. The number of hydrogen-bond acceptors (Lipinski definition) is 2. The van der Waals surface area contributed by atoms with Gasteiger partial charge in [-0.1, -0.05) is 18.1 Å². The molecular weight excluding hydrogens is 222 g/mol. The van der Waals surface area contributed by atoms with E-state index in [2.05, 4.69) is 11.8 Å². The van der Waals surface area contributed by atoms with Crippen molar-refractivity contribution < 1.29 is 4.90 Å². The van der Waals surface area contributed by atoms with Gasteiger partial charge in [0.05, 0.1) is 14.1 Å². The Morgan fingerprint density at radius 1 is 1.17 bits per heavy atom. The van der Waals surface area contributed by atoms with Crippen molar-refractivity contribution in [1.82, 2.24) is 0 Å². The molecule has 0 aliphatic heterocycles. The van der Waals surface area contributed by atoms with Gasteiger partial charge in [0.25, 0.3) is 0 Å². The Labute approximate surface area is 108 Å². The van der Waals surface area contributed by atoms with Crippen LogP contribution >= 0.6 is 0 Å². The van der Waals surface area contributed by atoms with Crippen LogP contribution in [0.2, 0.25) is 0 Å². The lowest BCUT2D eigenvalue weighted by atomic mass is 10.1. The maximum absolute atomic E-state index is 8.64. The zero-order valence-electron chi connectivity index (χ0n) is 10.5. The minimum atomic E-state index is 0.102. The standard InChI is InChI=1S/C15H13N3/c1-18(2)9-3-4-13-5-7-14(8-6-13)10-15(11-16)12-17/h5-8,10H,9H2,1-2H3/p+1. The number of nitrogens with zero attached hydrogens (tertiary/aromatic N) is 2. The van der Waals surface area contributed by atoms with Gasteiger partial charge >= 0.3 is 0 Å². The van der Waals surface area contributed by atoms with Crippen molar-refractivity contribution in [1.29, 1.82) is 10.5 Å². The van der Waals surface area contributed by atoms with E-state index in [9.17, 15) is 0 Å². The molecule has 0 heterocycles. The molecule has 0 fully saturated rings. The number of nitriles is 2. The van der Waals surface area contributed by atoms with Gasteiger partial charge in [-0.05, 0) is 29.7 Å². The molecule has 88 valence electrons.